The Morgan fingerprint density at radius 1 is 1.64 bits per heavy atom. The Morgan fingerprint density at radius 3 is 3.18 bits per heavy atom. The van der Waals surface area contributed by atoms with E-state index in [2.05, 4.69) is 17.2 Å². The molecule has 0 aromatic carbocycles. The van der Waals surface area contributed by atoms with Crippen molar-refractivity contribution in [3.05, 3.63) is 18.4 Å². The summed E-state index contributed by atoms with van der Waals surface area (Å²) in [6.07, 6.45) is 5.63. The number of nitrogens with zero attached hydrogens (tertiary/aromatic N) is 1. The van der Waals surface area contributed by atoms with E-state index in [1.807, 2.05) is 0 Å². The Hall–Kier alpha value is -0.830. The van der Waals surface area contributed by atoms with E-state index in [9.17, 15) is 0 Å². The molecule has 0 atom stereocenters. The molecule has 0 aliphatic heterocycles. The van der Waals surface area contributed by atoms with Crippen molar-refractivity contribution in [2.45, 2.75) is 26.3 Å². The van der Waals surface area contributed by atoms with Gasteiger partial charge in [0.1, 0.15) is 5.76 Å². The summed E-state index contributed by atoms with van der Waals surface area (Å²) in [6.45, 7) is 4.02. The first-order valence-corrected chi connectivity index (χ1v) is 4.01. The third-order valence-corrected chi connectivity index (χ3v) is 1.49. The molecule has 0 aliphatic carbocycles. The molecule has 0 amide bonds. The zero-order valence-electron chi connectivity index (χ0n) is 6.84. The Balaban J connectivity index is 2.04. The summed E-state index contributed by atoms with van der Waals surface area (Å²) in [7, 11) is 0. The van der Waals surface area contributed by atoms with Crippen molar-refractivity contribution in [2.24, 2.45) is 0 Å². The van der Waals surface area contributed by atoms with Crippen molar-refractivity contribution < 1.29 is 4.42 Å². The molecular weight excluding hydrogens is 140 g/mol. The van der Waals surface area contributed by atoms with E-state index in [1.54, 1.807) is 6.20 Å². The number of nitrogens with one attached hydrogen (secondary N) is 1. The molecule has 0 aliphatic rings. The Labute approximate surface area is 66.8 Å². The minimum absolute atomic E-state index is 0.792. The van der Waals surface area contributed by atoms with Crippen LogP contribution in [0.3, 0.4) is 0 Å². The summed E-state index contributed by atoms with van der Waals surface area (Å²) in [5.41, 5.74) is 0. The average Bonchev–Trinajstić information content (AvgIpc) is 2.50. The van der Waals surface area contributed by atoms with E-state index in [-0.39, 0.29) is 0 Å². The second-order valence-corrected chi connectivity index (χ2v) is 2.50. The van der Waals surface area contributed by atoms with Crippen LogP contribution >= 0.6 is 0 Å². The number of unbranched alkanes of at least 4 members (excludes halogenated alkanes) is 1. The normalized spacial score (nSPS) is 10.3. The molecular formula is C8H14N2O. The molecule has 1 aromatic rings. The van der Waals surface area contributed by atoms with Crippen molar-refractivity contribution in [3.8, 4) is 0 Å². The summed E-state index contributed by atoms with van der Waals surface area (Å²) >= 11 is 0. The van der Waals surface area contributed by atoms with Crippen LogP contribution in [0.2, 0.25) is 0 Å². The van der Waals surface area contributed by atoms with Crippen molar-refractivity contribution in [1.29, 1.82) is 0 Å². The van der Waals surface area contributed by atoms with Gasteiger partial charge in [0.25, 0.3) is 0 Å². The maximum absolute atomic E-state index is 5.04. The van der Waals surface area contributed by atoms with Crippen molar-refractivity contribution in [1.82, 2.24) is 10.3 Å². The molecule has 0 saturated heterocycles. The number of aromatic nitrogens is 1. The Morgan fingerprint density at radius 2 is 2.55 bits per heavy atom. The molecule has 1 rings (SSSR count). The van der Waals surface area contributed by atoms with E-state index < -0.39 is 0 Å². The topological polar surface area (TPSA) is 38.1 Å². The first kappa shape index (κ1) is 8.27. The highest BCUT2D eigenvalue weighted by Crippen LogP contribution is 1.94. The SMILES string of the molecule is CCCCNCc1cnco1. The molecule has 1 aromatic heterocycles. The predicted molar refractivity (Wildman–Crippen MR) is 43.1 cm³/mol. The molecule has 3 heteroatoms. The number of hydrogen-bond acceptors (Lipinski definition) is 3. The lowest BCUT2D eigenvalue weighted by Crippen LogP contribution is -2.13. The van der Waals surface area contributed by atoms with Gasteiger partial charge in [-0.25, -0.2) is 4.98 Å². The lowest BCUT2D eigenvalue weighted by atomic mass is 10.3. The molecule has 0 spiro atoms. The van der Waals surface area contributed by atoms with Gasteiger partial charge in [0, 0.05) is 0 Å². The van der Waals surface area contributed by atoms with E-state index in [4.69, 9.17) is 4.42 Å². The molecule has 3 nitrogen and oxygen atoms in total. The molecule has 0 unspecified atom stereocenters. The van der Waals surface area contributed by atoms with Gasteiger partial charge >= 0.3 is 0 Å². The highest BCUT2D eigenvalue weighted by Gasteiger charge is 1.93. The van der Waals surface area contributed by atoms with Gasteiger partial charge in [-0.05, 0) is 13.0 Å². The van der Waals surface area contributed by atoms with Gasteiger partial charge < -0.3 is 9.73 Å². The number of rotatable bonds is 5. The van der Waals surface area contributed by atoms with Crippen LogP contribution < -0.4 is 5.32 Å². The van der Waals surface area contributed by atoms with E-state index in [0.29, 0.717) is 0 Å². The first-order valence-electron chi connectivity index (χ1n) is 4.01. The van der Waals surface area contributed by atoms with Gasteiger partial charge in [-0.2, -0.15) is 0 Å². The zero-order chi connectivity index (χ0) is 7.94. The summed E-state index contributed by atoms with van der Waals surface area (Å²) in [5, 5.41) is 3.25. The van der Waals surface area contributed by atoms with Crippen LogP contribution in [-0.2, 0) is 6.54 Å². The molecule has 1 N–H and O–H groups in total. The highest BCUT2D eigenvalue weighted by atomic mass is 16.3. The van der Waals surface area contributed by atoms with Gasteiger partial charge in [-0.1, -0.05) is 13.3 Å². The minimum Gasteiger partial charge on any atom is -0.447 e. The second kappa shape index (κ2) is 4.91. The van der Waals surface area contributed by atoms with Gasteiger partial charge in [0.15, 0.2) is 6.39 Å². The fraction of sp³-hybridized carbons (Fsp3) is 0.625. The molecule has 62 valence electrons. The van der Waals surface area contributed by atoms with E-state index in [1.165, 1.54) is 19.2 Å². The Bertz CT molecular complexity index is 172. The molecule has 0 fully saturated rings. The maximum atomic E-state index is 5.04. The summed E-state index contributed by atoms with van der Waals surface area (Å²) in [6, 6.07) is 0. The standard InChI is InChI=1S/C8H14N2O/c1-2-3-4-9-5-8-6-10-7-11-8/h6-7,9H,2-5H2,1H3. The zero-order valence-corrected chi connectivity index (χ0v) is 6.84. The van der Waals surface area contributed by atoms with Crippen molar-refractivity contribution in [2.75, 3.05) is 6.54 Å². The van der Waals surface area contributed by atoms with Gasteiger partial charge in [-0.3, -0.25) is 0 Å². The third kappa shape index (κ3) is 3.18. The number of hydrogen-bond donors (Lipinski definition) is 1. The van der Waals surface area contributed by atoms with Crippen LogP contribution in [0.4, 0.5) is 0 Å². The van der Waals surface area contributed by atoms with Crippen LogP contribution in [0.25, 0.3) is 0 Å². The van der Waals surface area contributed by atoms with Crippen LogP contribution in [-0.4, -0.2) is 11.5 Å². The fourth-order valence-electron chi connectivity index (χ4n) is 0.843. The number of oxazole rings is 1. The lowest BCUT2D eigenvalue weighted by Gasteiger charge is -1.98. The van der Waals surface area contributed by atoms with Crippen LogP contribution in [0.1, 0.15) is 25.5 Å². The van der Waals surface area contributed by atoms with E-state index in [0.717, 1.165) is 18.8 Å². The average molecular weight is 154 g/mol. The van der Waals surface area contributed by atoms with Crippen LogP contribution in [0.15, 0.2) is 17.0 Å². The lowest BCUT2D eigenvalue weighted by molar-refractivity contribution is 0.477. The second-order valence-electron chi connectivity index (χ2n) is 2.50. The molecule has 1 heterocycles. The van der Waals surface area contributed by atoms with Crippen LogP contribution in [0.5, 0.6) is 0 Å². The highest BCUT2D eigenvalue weighted by molar-refractivity contribution is 4.86. The van der Waals surface area contributed by atoms with Crippen molar-refractivity contribution in [3.63, 3.8) is 0 Å². The predicted octanol–water partition coefficient (Wildman–Crippen LogP) is 1.56. The van der Waals surface area contributed by atoms with Gasteiger partial charge in [-0.15, -0.1) is 0 Å². The summed E-state index contributed by atoms with van der Waals surface area (Å²) < 4.78 is 5.04. The van der Waals surface area contributed by atoms with Gasteiger partial charge in [0.2, 0.25) is 0 Å². The molecule has 0 saturated carbocycles. The maximum Gasteiger partial charge on any atom is 0.180 e. The van der Waals surface area contributed by atoms with Crippen LogP contribution in [0, 0.1) is 0 Å². The largest absolute Gasteiger partial charge is 0.447 e. The Kier molecular flexibility index (Phi) is 3.69. The van der Waals surface area contributed by atoms with E-state index >= 15 is 0 Å². The third-order valence-electron chi connectivity index (χ3n) is 1.49. The summed E-state index contributed by atoms with van der Waals surface area (Å²) in [4.78, 5) is 3.81. The first-order chi connectivity index (χ1) is 5.43. The van der Waals surface area contributed by atoms with Crippen molar-refractivity contribution >= 4 is 0 Å². The molecule has 11 heavy (non-hydrogen) atoms. The smallest absolute Gasteiger partial charge is 0.180 e. The van der Waals surface area contributed by atoms with Gasteiger partial charge in [0.05, 0.1) is 12.7 Å². The molecule has 0 bridgehead atoms. The fourth-order valence-corrected chi connectivity index (χ4v) is 0.843. The quantitative estimate of drug-likeness (QED) is 0.654. The minimum atomic E-state index is 0.792. The summed E-state index contributed by atoms with van der Waals surface area (Å²) in [5.74, 6) is 0.904. The monoisotopic (exact) mass is 154 g/mol. The molecule has 0 radical (unpaired) electrons.